The lowest BCUT2D eigenvalue weighted by Gasteiger charge is -2.38. The molecule has 0 saturated carbocycles. The van der Waals surface area contributed by atoms with Gasteiger partial charge in [-0.25, -0.2) is 0 Å². The Bertz CT molecular complexity index is 682. The van der Waals surface area contributed by atoms with E-state index >= 15 is 0 Å². The van der Waals surface area contributed by atoms with Crippen LogP contribution in [0.15, 0.2) is 48.5 Å². The zero-order chi connectivity index (χ0) is 15.7. The largest absolute Gasteiger partial charge is 0.364 e. The third-order valence-corrected chi connectivity index (χ3v) is 4.06. The van der Waals surface area contributed by atoms with E-state index in [4.69, 9.17) is 11.6 Å². The van der Waals surface area contributed by atoms with E-state index in [1.54, 1.807) is 0 Å². The molecule has 3 nitrogen and oxygen atoms in total. The normalized spacial score (nSPS) is 17.4. The van der Waals surface area contributed by atoms with Crippen LogP contribution >= 0.6 is 11.6 Å². The van der Waals surface area contributed by atoms with Crippen molar-refractivity contribution in [3.8, 4) is 0 Å². The Labute approximate surface area is 135 Å². The second-order valence-electron chi connectivity index (χ2n) is 5.99. The van der Waals surface area contributed by atoms with Gasteiger partial charge in [0.1, 0.15) is 6.17 Å². The first-order valence-corrected chi connectivity index (χ1v) is 7.89. The Hall–Kier alpha value is -2.00. The second kappa shape index (κ2) is 6.01. The lowest BCUT2D eigenvalue weighted by Crippen LogP contribution is -2.49. The molecular weight excluding hydrogens is 296 g/mol. The summed E-state index contributed by atoms with van der Waals surface area (Å²) in [7, 11) is 0. The number of fused-ring (bicyclic) bond motifs is 1. The number of hydrogen-bond donors (Lipinski definition) is 1. The van der Waals surface area contributed by atoms with E-state index in [0.29, 0.717) is 16.5 Å². The van der Waals surface area contributed by atoms with Gasteiger partial charge >= 0.3 is 0 Å². The highest BCUT2D eigenvalue weighted by molar-refractivity contribution is 6.30. The van der Waals surface area contributed by atoms with Crippen molar-refractivity contribution in [3.63, 3.8) is 0 Å². The molecule has 22 heavy (non-hydrogen) atoms. The van der Waals surface area contributed by atoms with E-state index in [1.807, 2.05) is 53.4 Å². The molecule has 1 heterocycles. The molecule has 1 amide bonds. The average Bonchev–Trinajstić information content (AvgIpc) is 2.48. The van der Waals surface area contributed by atoms with E-state index in [2.05, 4.69) is 19.2 Å². The molecule has 0 aromatic heterocycles. The van der Waals surface area contributed by atoms with Crippen LogP contribution in [-0.2, 0) is 0 Å². The van der Waals surface area contributed by atoms with E-state index in [1.165, 1.54) is 0 Å². The number of carbonyl (C=O) groups excluding carboxylic acids is 1. The van der Waals surface area contributed by atoms with Crippen molar-refractivity contribution in [2.24, 2.45) is 5.92 Å². The number of anilines is 2. The van der Waals surface area contributed by atoms with Gasteiger partial charge < -0.3 is 5.32 Å². The number of rotatable bonds is 3. The summed E-state index contributed by atoms with van der Waals surface area (Å²) in [4.78, 5) is 14.8. The van der Waals surface area contributed by atoms with Gasteiger partial charge in [-0.2, -0.15) is 0 Å². The predicted octanol–water partition coefficient (Wildman–Crippen LogP) is 4.78. The number of carbonyl (C=O) groups is 1. The summed E-state index contributed by atoms with van der Waals surface area (Å²) in [6, 6.07) is 15.1. The van der Waals surface area contributed by atoms with Gasteiger partial charge in [0.05, 0.1) is 5.56 Å². The molecule has 1 aliphatic rings. The summed E-state index contributed by atoms with van der Waals surface area (Å²) in [6.07, 6.45) is 0.825. The first-order chi connectivity index (χ1) is 10.6. The lowest BCUT2D eigenvalue weighted by atomic mass is 10.0. The third-order valence-electron chi connectivity index (χ3n) is 3.81. The van der Waals surface area contributed by atoms with E-state index < -0.39 is 0 Å². The van der Waals surface area contributed by atoms with Crippen LogP contribution in [0.5, 0.6) is 0 Å². The van der Waals surface area contributed by atoms with Crippen molar-refractivity contribution in [2.75, 3.05) is 10.2 Å². The molecule has 2 aromatic carbocycles. The fourth-order valence-electron chi connectivity index (χ4n) is 2.82. The summed E-state index contributed by atoms with van der Waals surface area (Å²) >= 11 is 5.97. The summed E-state index contributed by atoms with van der Waals surface area (Å²) in [5.74, 6) is 0.507. The fraction of sp³-hybridized carbons (Fsp3) is 0.278. The number of para-hydroxylation sites is 1. The van der Waals surface area contributed by atoms with Crippen molar-refractivity contribution < 1.29 is 4.79 Å². The Kier molecular flexibility index (Phi) is 4.08. The summed E-state index contributed by atoms with van der Waals surface area (Å²) in [5.41, 5.74) is 2.47. The Morgan fingerprint density at radius 3 is 2.50 bits per heavy atom. The molecule has 0 radical (unpaired) electrons. The highest BCUT2D eigenvalue weighted by Crippen LogP contribution is 2.32. The number of hydrogen-bond acceptors (Lipinski definition) is 2. The van der Waals surface area contributed by atoms with Gasteiger partial charge in [0.2, 0.25) is 0 Å². The molecule has 0 aliphatic carbocycles. The predicted molar refractivity (Wildman–Crippen MR) is 91.6 cm³/mol. The van der Waals surface area contributed by atoms with Crippen LogP contribution in [0.3, 0.4) is 0 Å². The number of halogens is 1. The number of nitrogens with one attached hydrogen (secondary N) is 1. The van der Waals surface area contributed by atoms with Gasteiger partial charge in [-0.1, -0.05) is 37.6 Å². The van der Waals surface area contributed by atoms with Crippen molar-refractivity contribution in [1.29, 1.82) is 0 Å². The summed E-state index contributed by atoms with van der Waals surface area (Å²) in [6.45, 7) is 4.32. The van der Waals surface area contributed by atoms with Crippen LogP contribution in [0.4, 0.5) is 11.4 Å². The molecule has 1 N–H and O–H groups in total. The van der Waals surface area contributed by atoms with Gasteiger partial charge in [0.25, 0.3) is 5.91 Å². The molecule has 3 rings (SSSR count). The highest BCUT2D eigenvalue weighted by atomic mass is 35.5. The van der Waals surface area contributed by atoms with Crippen LogP contribution < -0.4 is 10.2 Å². The van der Waals surface area contributed by atoms with Crippen LogP contribution in [0.1, 0.15) is 30.6 Å². The number of nitrogens with zero attached hydrogens (tertiary/aromatic N) is 1. The number of benzene rings is 2. The van der Waals surface area contributed by atoms with Gasteiger partial charge in [0, 0.05) is 16.4 Å². The molecule has 114 valence electrons. The first kappa shape index (κ1) is 14.9. The third kappa shape index (κ3) is 2.81. The number of amides is 1. The quantitative estimate of drug-likeness (QED) is 0.884. The van der Waals surface area contributed by atoms with E-state index in [-0.39, 0.29) is 12.1 Å². The summed E-state index contributed by atoms with van der Waals surface area (Å²) < 4.78 is 0. The standard InChI is InChI=1S/C18H19ClN2O/c1-12(2)11-17-20-16-6-4-3-5-15(16)18(22)21(17)14-9-7-13(19)8-10-14/h3-10,12,17,20H,11H2,1-2H3. The van der Waals surface area contributed by atoms with Crippen LogP contribution in [0.2, 0.25) is 5.02 Å². The van der Waals surface area contributed by atoms with E-state index in [0.717, 1.165) is 17.8 Å². The van der Waals surface area contributed by atoms with Crippen molar-refractivity contribution in [2.45, 2.75) is 26.4 Å². The van der Waals surface area contributed by atoms with Crippen LogP contribution in [-0.4, -0.2) is 12.1 Å². The Morgan fingerprint density at radius 2 is 1.82 bits per heavy atom. The Balaban J connectivity index is 2.03. The van der Waals surface area contributed by atoms with E-state index in [9.17, 15) is 4.79 Å². The zero-order valence-corrected chi connectivity index (χ0v) is 13.5. The molecule has 4 heteroatoms. The second-order valence-corrected chi connectivity index (χ2v) is 6.42. The van der Waals surface area contributed by atoms with Gasteiger partial charge in [-0.15, -0.1) is 0 Å². The first-order valence-electron chi connectivity index (χ1n) is 7.51. The molecule has 0 bridgehead atoms. The van der Waals surface area contributed by atoms with Gasteiger partial charge in [0.15, 0.2) is 0 Å². The summed E-state index contributed by atoms with van der Waals surface area (Å²) in [5, 5.41) is 4.16. The molecular formula is C18H19ClN2O. The maximum Gasteiger partial charge on any atom is 0.262 e. The minimum Gasteiger partial charge on any atom is -0.364 e. The topological polar surface area (TPSA) is 32.3 Å². The average molecular weight is 315 g/mol. The zero-order valence-electron chi connectivity index (χ0n) is 12.7. The monoisotopic (exact) mass is 314 g/mol. The highest BCUT2D eigenvalue weighted by Gasteiger charge is 2.33. The molecule has 2 aromatic rings. The minimum atomic E-state index is -0.0522. The lowest BCUT2D eigenvalue weighted by molar-refractivity contribution is 0.0972. The fourth-order valence-corrected chi connectivity index (χ4v) is 2.95. The van der Waals surface area contributed by atoms with Gasteiger partial charge in [-0.3, -0.25) is 9.69 Å². The minimum absolute atomic E-state index is 0.0299. The van der Waals surface area contributed by atoms with Crippen LogP contribution in [0.25, 0.3) is 0 Å². The molecule has 1 unspecified atom stereocenters. The van der Waals surface area contributed by atoms with Crippen molar-refractivity contribution in [1.82, 2.24) is 0 Å². The molecule has 1 aliphatic heterocycles. The maximum absolute atomic E-state index is 12.9. The maximum atomic E-state index is 12.9. The molecule has 1 atom stereocenters. The van der Waals surface area contributed by atoms with Crippen molar-refractivity contribution >= 4 is 28.9 Å². The smallest absolute Gasteiger partial charge is 0.262 e. The molecule has 0 saturated heterocycles. The van der Waals surface area contributed by atoms with Gasteiger partial charge in [-0.05, 0) is 48.7 Å². The molecule has 0 spiro atoms. The molecule has 0 fully saturated rings. The van der Waals surface area contributed by atoms with Crippen LogP contribution in [0, 0.1) is 5.92 Å². The SMILES string of the molecule is CC(C)CC1Nc2ccccc2C(=O)N1c1ccc(Cl)cc1. The van der Waals surface area contributed by atoms with Crippen molar-refractivity contribution in [3.05, 3.63) is 59.1 Å². The Morgan fingerprint density at radius 1 is 1.14 bits per heavy atom.